The fourth-order valence-electron chi connectivity index (χ4n) is 4.69. The molecule has 0 bridgehead atoms. The number of ether oxygens (including phenoxy) is 2. The lowest BCUT2D eigenvalue weighted by Gasteiger charge is -2.21. The molecule has 1 fully saturated rings. The van der Waals surface area contributed by atoms with Gasteiger partial charge in [-0.2, -0.15) is 5.10 Å². The fourth-order valence-corrected chi connectivity index (χ4v) is 4.69. The predicted molar refractivity (Wildman–Crippen MR) is 125 cm³/mol. The zero-order valence-electron chi connectivity index (χ0n) is 19.0. The number of hydrogen-bond acceptors (Lipinski definition) is 6. The molecular weight excluding hydrogens is 420 g/mol. The van der Waals surface area contributed by atoms with E-state index in [4.69, 9.17) is 14.6 Å². The number of rotatable bonds is 4. The second-order valence-electron chi connectivity index (χ2n) is 8.84. The van der Waals surface area contributed by atoms with Crippen LogP contribution in [0.4, 0.5) is 5.69 Å². The summed E-state index contributed by atoms with van der Waals surface area (Å²) in [7, 11) is 0. The van der Waals surface area contributed by atoms with Gasteiger partial charge in [-0.1, -0.05) is 12.1 Å². The molecule has 0 spiro atoms. The van der Waals surface area contributed by atoms with Crippen LogP contribution in [0, 0.1) is 0 Å². The molecule has 33 heavy (non-hydrogen) atoms. The average Bonchev–Trinajstić information content (AvgIpc) is 3.43. The maximum Gasteiger partial charge on any atom is 0.239 e. The number of hydrazone groups is 1. The Balaban J connectivity index is 1.44. The van der Waals surface area contributed by atoms with Crippen molar-refractivity contribution in [3.05, 3.63) is 53.1 Å². The van der Waals surface area contributed by atoms with E-state index in [1.54, 1.807) is 0 Å². The Labute approximate surface area is 193 Å². The number of hydrogen-bond donors (Lipinski definition) is 1. The van der Waals surface area contributed by atoms with E-state index < -0.39 is 0 Å². The summed E-state index contributed by atoms with van der Waals surface area (Å²) in [5, 5.41) is 9.27. The molecule has 0 radical (unpaired) electrons. The summed E-state index contributed by atoms with van der Waals surface area (Å²) in [5.41, 5.74) is 4.25. The van der Waals surface area contributed by atoms with Gasteiger partial charge in [0.15, 0.2) is 11.5 Å². The first-order valence-electron chi connectivity index (χ1n) is 11.4. The first kappa shape index (κ1) is 21.5. The van der Waals surface area contributed by atoms with Crippen LogP contribution in [0.5, 0.6) is 11.5 Å². The minimum absolute atomic E-state index is 0.00825. The van der Waals surface area contributed by atoms with Crippen molar-refractivity contribution < 1.29 is 19.1 Å². The van der Waals surface area contributed by atoms with E-state index in [0.29, 0.717) is 30.2 Å². The van der Waals surface area contributed by atoms with Gasteiger partial charge in [-0.05, 0) is 69.1 Å². The van der Waals surface area contributed by atoms with Gasteiger partial charge in [0, 0.05) is 23.7 Å². The van der Waals surface area contributed by atoms with Crippen LogP contribution < -0.4 is 14.8 Å². The quantitative estimate of drug-likeness (QED) is 0.778. The van der Waals surface area contributed by atoms with Crippen molar-refractivity contribution in [3.63, 3.8) is 0 Å². The highest BCUT2D eigenvalue weighted by atomic mass is 16.7. The average molecular weight is 449 g/mol. The molecule has 2 amide bonds. The van der Waals surface area contributed by atoms with Crippen molar-refractivity contribution in [2.24, 2.45) is 5.10 Å². The van der Waals surface area contributed by atoms with E-state index in [2.05, 4.69) is 10.2 Å². The van der Waals surface area contributed by atoms with Crippen molar-refractivity contribution in [1.82, 2.24) is 9.91 Å². The number of anilines is 1. The molecule has 3 aliphatic rings. The monoisotopic (exact) mass is 448 g/mol. The number of benzene rings is 2. The van der Waals surface area contributed by atoms with Crippen LogP contribution in [0.1, 0.15) is 43.4 Å². The summed E-state index contributed by atoms with van der Waals surface area (Å²) in [6.07, 6.45) is 2.97. The van der Waals surface area contributed by atoms with E-state index in [1.165, 1.54) is 11.9 Å². The molecule has 0 aromatic heterocycles. The van der Waals surface area contributed by atoms with Crippen molar-refractivity contribution in [2.75, 3.05) is 31.7 Å². The Hall–Kier alpha value is -3.39. The fraction of sp³-hybridized carbons (Fsp3) is 0.400. The van der Waals surface area contributed by atoms with Crippen LogP contribution in [0.2, 0.25) is 0 Å². The van der Waals surface area contributed by atoms with Crippen molar-refractivity contribution in [2.45, 2.75) is 39.2 Å². The van der Waals surface area contributed by atoms with E-state index >= 15 is 0 Å². The zero-order chi connectivity index (χ0) is 22.9. The maximum atomic E-state index is 12.4. The van der Waals surface area contributed by atoms with Gasteiger partial charge in [0.2, 0.25) is 18.6 Å². The highest BCUT2D eigenvalue weighted by molar-refractivity contribution is 6.14. The predicted octanol–water partition coefficient (Wildman–Crippen LogP) is 3.00. The molecule has 2 aromatic rings. The SMILES string of the molecule is CC(=O)N1N=C(c2ccc(NC(=O)CN3CCCC3)cc2)c2cc3c(cc2CC1C)OCO3. The largest absolute Gasteiger partial charge is 0.454 e. The molecule has 1 atom stereocenters. The third-order valence-electron chi connectivity index (χ3n) is 6.32. The summed E-state index contributed by atoms with van der Waals surface area (Å²) < 4.78 is 11.2. The standard InChI is InChI=1S/C25H28N4O4/c1-16-11-19-12-22-23(33-15-32-22)13-21(19)25(27-29(16)17(2)30)18-5-7-20(8-6-18)26-24(31)14-28-9-3-4-10-28/h5-8,12-13,16H,3-4,9-11,14-15H2,1-2H3,(H,26,31). The van der Waals surface area contributed by atoms with Crippen LogP contribution in [0.3, 0.4) is 0 Å². The molecule has 0 aliphatic carbocycles. The highest BCUT2D eigenvalue weighted by Crippen LogP contribution is 2.37. The minimum Gasteiger partial charge on any atom is -0.454 e. The molecule has 1 unspecified atom stereocenters. The molecular formula is C25H28N4O4. The van der Waals surface area contributed by atoms with Crippen LogP contribution in [-0.4, -0.2) is 59.9 Å². The maximum absolute atomic E-state index is 12.4. The molecule has 1 N–H and O–H groups in total. The van der Waals surface area contributed by atoms with E-state index in [-0.39, 0.29) is 24.6 Å². The lowest BCUT2D eigenvalue weighted by molar-refractivity contribution is -0.130. The van der Waals surface area contributed by atoms with Gasteiger partial charge >= 0.3 is 0 Å². The number of nitrogens with zero attached hydrogens (tertiary/aromatic N) is 3. The van der Waals surface area contributed by atoms with Crippen LogP contribution in [0.15, 0.2) is 41.5 Å². The first-order chi connectivity index (χ1) is 16.0. The van der Waals surface area contributed by atoms with Gasteiger partial charge in [0.25, 0.3) is 0 Å². The molecule has 172 valence electrons. The normalized spacial score (nSPS) is 19.6. The van der Waals surface area contributed by atoms with Gasteiger partial charge in [0.1, 0.15) is 0 Å². The Bertz CT molecular complexity index is 1110. The Morgan fingerprint density at radius 1 is 1.09 bits per heavy atom. The lowest BCUT2D eigenvalue weighted by Crippen LogP contribution is -2.33. The molecule has 5 rings (SSSR count). The Morgan fingerprint density at radius 2 is 1.79 bits per heavy atom. The van der Waals surface area contributed by atoms with Gasteiger partial charge in [0.05, 0.1) is 18.3 Å². The Kier molecular flexibility index (Phi) is 5.76. The number of carbonyl (C=O) groups excluding carboxylic acids is 2. The minimum atomic E-state index is -0.112. The van der Waals surface area contributed by atoms with Crippen molar-refractivity contribution in [1.29, 1.82) is 0 Å². The number of carbonyl (C=O) groups is 2. The summed E-state index contributed by atoms with van der Waals surface area (Å²) in [4.78, 5) is 26.9. The molecule has 3 aliphatic heterocycles. The summed E-state index contributed by atoms with van der Waals surface area (Å²) >= 11 is 0. The van der Waals surface area contributed by atoms with Crippen LogP contribution in [-0.2, 0) is 16.0 Å². The first-order valence-corrected chi connectivity index (χ1v) is 11.4. The summed E-state index contributed by atoms with van der Waals surface area (Å²) in [5.74, 6) is 1.27. The molecule has 1 saturated heterocycles. The van der Waals surface area contributed by atoms with Gasteiger partial charge in [-0.15, -0.1) is 0 Å². The molecule has 8 nitrogen and oxygen atoms in total. The van der Waals surface area contributed by atoms with Crippen molar-refractivity contribution >= 4 is 23.2 Å². The molecule has 3 heterocycles. The second-order valence-corrected chi connectivity index (χ2v) is 8.84. The number of nitrogens with one attached hydrogen (secondary N) is 1. The third kappa shape index (κ3) is 4.43. The van der Waals surface area contributed by atoms with Gasteiger partial charge in [-0.25, -0.2) is 5.01 Å². The number of fused-ring (bicyclic) bond motifs is 2. The highest BCUT2D eigenvalue weighted by Gasteiger charge is 2.28. The van der Waals surface area contributed by atoms with Crippen LogP contribution in [0.25, 0.3) is 0 Å². The lowest BCUT2D eigenvalue weighted by atomic mass is 9.94. The third-order valence-corrected chi connectivity index (χ3v) is 6.32. The zero-order valence-corrected chi connectivity index (χ0v) is 19.0. The molecule has 2 aromatic carbocycles. The van der Waals surface area contributed by atoms with E-state index in [1.807, 2.05) is 43.3 Å². The molecule has 8 heteroatoms. The van der Waals surface area contributed by atoms with Crippen molar-refractivity contribution in [3.8, 4) is 11.5 Å². The molecule has 0 saturated carbocycles. The topological polar surface area (TPSA) is 83.5 Å². The smallest absolute Gasteiger partial charge is 0.239 e. The summed E-state index contributed by atoms with van der Waals surface area (Å²) in [6.45, 7) is 6.09. The van der Waals surface area contributed by atoms with E-state index in [0.717, 1.165) is 48.3 Å². The number of amides is 2. The summed E-state index contributed by atoms with van der Waals surface area (Å²) in [6, 6.07) is 11.4. The van der Waals surface area contributed by atoms with E-state index in [9.17, 15) is 9.59 Å². The van der Waals surface area contributed by atoms with Gasteiger partial charge < -0.3 is 14.8 Å². The number of likely N-dealkylation sites (tertiary alicyclic amines) is 1. The Morgan fingerprint density at radius 3 is 2.48 bits per heavy atom. The van der Waals surface area contributed by atoms with Gasteiger partial charge in [-0.3, -0.25) is 14.5 Å². The van der Waals surface area contributed by atoms with Crippen LogP contribution >= 0.6 is 0 Å². The second kappa shape index (κ2) is 8.86.